The monoisotopic (exact) mass is 541 g/mol. The van der Waals surface area contributed by atoms with Gasteiger partial charge in [-0.05, 0) is 84.3 Å². The van der Waals surface area contributed by atoms with Crippen molar-refractivity contribution in [2.75, 3.05) is 11.1 Å². The van der Waals surface area contributed by atoms with Gasteiger partial charge in [-0.15, -0.1) is 0 Å². The molecule has 1 N–H and O–H groups in total. The lowest BCUT2D eigenvalue weighted by Gasteiger charge is -2.11. The number of rotatable bonds is 8. The predicted molar refractivity (Wildman–Crippen MR) is 152 cm³/mol. The Morgan fingerprint density at radius 1 is 0.897 bits per heavy atom. The first-order valence-electron chi connectivity index (χ1n) is 12.6. The van der Waals surface area contributed by atoms with Crippen LogP contribution in [0.5, 0.6) is 0 Å². The van der Waals surface area contributed by atoms with Crippen LogP contribution in [0.25, 0.3) is 22.4 Å². The van der Waals surface area contributed by atoms with Gasteiger partial charge in [0.1, 0.15) is 11.6 Å². The van der Waals surface area contributed by atoms with Gasteiger partial charge in [0.2, 0.25) is 5.91 Å². The van der Waals surface area contributed by atoms with Crippen LogP contribution in [0.15, 0.2) is 95.9 Å². The number of carbonyl (C=O) groups excluding carboxylic acids is 1. The molecule has 0 unspecified atom stereocenters. The van der Waals surface area contributed by atoms with Crippen molar-refractivity contribution in [3.63, 3.8) is 0 Å². The topological polar surface area (TPSA) is 81.1 Å². The Bertz CT molecular complexity index is 1740. The van der Waals surface area contributed by atoms with E-state index in [4.69, 9.17) is 4.98 Å². The van der Waals surface area contributed by atoms with Crippen molar-refractivity contribution in [2.45, 2.75) is 31.7 Å². The Morgan fingerprint density at radius 2 is 1.56 bits per heavy atom. The van der Waals surface area contributed by atoms with Gasteiger partial charge in [-0.2, -0.15) is 0 Å². The second-order valence-corrected chi connectivity index (χ2v) is 11.8. The summed E-state index contributed by atoms with van der Waals surface area (Å²) in [6.45, 7) is 4.17. The number of sulfone groups is 1. The van der Waals surface area contributed by atoms with Crippen molar-refractivity contribution in [1.82, 2.24) is 9.55 Å². The lowest BCUT2D eigenvalue weighted by Crippen LogP contribution is -2.14. The first kappa shape index (κ1) is 26.3. The van der Waals surface area contributed by atoms with E-state index < -0.39 is 9.84 Å². The van der Waals surface area contributed by atoms with Crippen LogP contribution in [0.4, 0.5) is 10.1 Å². The van der Waals surface area contributed by atoms with Crippen molar-refractivity contribution < 1.29 is 17.6 Å². The van der Waals surface area contributed by atoms with Crippen molar-refractivity contribution in [1.29, 1.82) is 0 Å². The molecule has 0 bridgehead atoms. The lowest BCUT2D eigenvalue weighted by atomic mass is 10.1. The molecule has 0 aliphatic carbocycles. The van der Waals surface area contributed by atoms with Gasteiger partial charge in [-0.25, -0.2) is 17.8 Å². The van der Waals surface area contributed by atoms with E-state index in [0.717, 1.165) is 39.1 Å². The zero-order chi connectivity index (χ0) is 27.6. The first-order chi connectivity index (χ1) is 18.7. The zero-order valence-corrected chi connectivity index (χ0v) is 22.5. The van der Waals surface area contributed by atoms with Gasteiger partial charge in [-0.3, -0.25) is 4.79 Å². The predicted octanol–water partition coefficient (Wildman–Crippen LogP) is 6.17. The Hall–Kier alpha value is -4.30. The summed E-state index contributed by atoms with van der Waals surface area (Å²) in [6.07, 6.45) is 0.126. The highest BCUT2D eigenvalue weighted by molar-refractivity contribution is 7.91. The summed E-state index contributed by atoms with van der Waals surface area (Å²) in [7, 11) is -3.28. The SMILES string of the molecule is CCS(=O)(=O)c1ccc(CC(=O)Nc2ccc(-c3nc4ccc(C)cc4n3Cc3ccc(F)cc3)cc2)cc1. The van der Waals surface area contributed by atoms with E-state index in [-0.39, 0.29) is 28.8 Å². The fourth-order valence-electron chi connectivity index (χ4n) is 4.46. The van der Waals surface area contributed by atoms with E-state index in [1.807, 2.05) is 43.3 Å². The molecular weight excluding hydrogens is 513 g/mol. The molecule has 4 aromatic carbocycles. The number of aryl methyl sites for hydroxylation is 1. The van der Waals surface area contributed by atoms with Crippen LogP contribution >= 0.6 is 0 Å². The maximum atomic E-state index is 13.5. The molecule has 39 heavy (non-hydrogen) atoms. The van der Waals surface area contributed by atoms with Gasteiger partial charge in [0.05, 0.1) is 28.1 Å². The molecule has 5 aromatic rings. The molecular formula is C31H28FN3O3S. The number of nitrogens with zero attached hydrogens (tertiary/aromatic N) is 2. The molecule has 0 saturated carbocycles. The van der Waals surface area contributed by atoms with Gasteiger partial charge >= 0.3 is 0 Å². The number of aromatic nitrogens is 2. The van der Waals surface area contributed by atoms with Gasteiger partial charge in [0, 0.05) is 17.8 Å². The van der Waals surface area contributed by atoms with Crippen LogP contribution in [0.3, 0.4) is 0 Å². The summed E-state index contributed by atoms with van der Waals surface area (Å²) in [4.78, 5) is 17.8. The number of carbonyl (C=O) groups is 1. The molecule has 8 heteroatoms. The molecule has 0 atom stereocenters. The number of benzene rings is 4. The highest BCUT2D eigenvalue weighted by atomic mass is 32.2. The average molecular weight is 542 g/mol. The molecule has 1 heterocycles. The number of imidazole rings is 1. The third kappa shape index (κ3) is 5.91. The molecule has 1 aromatic heterocycles. The maximum Gasteiger partial charge on any atom is 0.228 e. The van der Waals surface area contributed by atoms with Gasteiger partial charge in [0.25, 0.3) is 0 Å². The second-order valence-electron chi connectivity index (χ2n) is 9.49. The Labute approximate surface area is 227 Å². The van der Waals surface area contributed by atoms with Crippen LogP contribution in [0, 0.1) is 12.7 Å². The van der Waals surface area contributed by atoms with Crippen LogP contribution in [-0.2, 0) is 27.6 Å². The number of fused-ring (bicyclic) bond motifs is 1. The fraction of sp³-hybridized carbons (Fsp3) is 0.161. The third-order valence-electron chi connectivity index (χ3n) is 6.61. The summed E-state index contributed by atoms with van der Waals surface area (Å²) >= 11 is 0. The Kier molecular flexibility index (Phi) is 7.30. The lowest BCUT2D eigenvalue weighted by molar-refractivity contribution is -0.115. The van der Waals surface area contributed by atoms with E-state index in [2.05, 4.69) is 16.0 Å². The van der Waals surface area contributed by atoms with Gasteiger partial charge in [-0.1, -0.05) is 37.3 Å². The number of amides is 1. The number of anilines is 1. The molecule has 0 saturated heterocycles. The molecule has 0 fully saturated rings. The van der Waals surface area contributed by atoms with Gasteiger partial charge < -0.3 is 9.88 Å². The number of halogens is 1. The quantitative estimate of drug-likeness (QED) is 0.255. The van der Waals surface area contributed by atoms with E-state index in [1.54, 1.807) is 31.2 Å². The van der Waals surface area contributed by atoms with Gasteiger partial charge in [0.15, 0.2) is 9.84 Å². The van der Waals surface area contributed by atoms with E-state index in [0.29, 0.717) is 12.2 Å². The van der Waals surface area contributed by atoms with E-state index in [1.165, 1.54) is 24.3 Å². The van der Waals surface area contributed by atoms with Crippen molar-refractivity contribution in [3.05, 3.63) is 114 Å². The highest BCUT2D eigenvalue weighted by Gasteiger charge is 2.15. The van der Waals surface area contributed by atoms with E-state index in [9.17, 15) is 17.6 Å². The molecule has 0 aliphatic rings. The summed E-state index contributed by atoms with van der Waals surface area (Å²) in [5, 5.41) is 2.90. The summed E-state index contributed by atoms with van der Waals surface area (Å²) in [5.74, 6) is 0.336. The van der Waals surface area contributed by atoms with Crippen LogP contribution in [0.1, 0.15) is 23.6 Å². The van der Waals surface area contributed by atoms with Crippen molar-refractivity contribution >= 4 is 32.5 Å². The maximum absolute atomic E-state index is 13.5. The highest BCUT2D eigenvalue weighted by Crippen LogP contribution is 2.28. The van der Waals surface area contributed by atoms with E-state index >= 15 is 0 Å². The Morgan fingerprint density at radius 3 is 2.23 bits per heavy atom. The fourth-order valence-corrected chi connectivity index (χ4v) is 5.34. The number of nitrogens with one attached hydrogen (secondary N) is 1. The van der Waals surface area contributed by atoms with Crippen molar-refractivity contribution in [2.24, 2.45) is 0 Å². The molecule has 6 nitrogen and oxygen atoms in total. The standard InChI is InChI=1S/C31H28FN3O3S/c1-3-39(37,38)27-15-7-22(8-16-27)19-30(36)33-26-13-9-24(10-14-26)31-34-28-17-4-21(2)18-29(28)35(31)20-23-5-11-25(32)12-6-23/h4-18H,3,19-20H2,1-2H3,(H,33,36). The zero-order valence-electron chi connectivity index (χ0n) is 21.7. The van der Waals surface area contributed by atoms with Crippen LogP contribution < -0.4 is 5.32 Å². The number of hydrogen-bond acceptors (Lipinski definition) is 4. The molecule has 0 radical (unpaired) electrons. The molecule has 198 valence electrons. The normalized spacial score (nSPS) is 11.6. The minimum absolute atomic E-state index is 0.0327. The summed E-state index contributed by atoms with van der Waals surface area (Å²) in [6, 6.07) is 26.5. The average Bonchev–Trinajstić information content (AvgIpc) is 3.28. The summed E-state index contributed by atoms with van der Waals surface area (Å²) < 4.78 is 39.6. The minimum Gasteiger partial charge on any atom is -0.326 e. The molecule has 1 amide bonds. The smallest absolute Gasteiger partial charge is 0.228 e. The second kappa shape index (κ2) is 10.8. The first-order valence-corrected chi connectivity index (χ1v) is 14.3. The minimum atomic E-state index is -3.28. The number of hydrogen-bond donors (Lipinski definition) is 1. The molecule has 5 rings (SSSR count). The summed E-state index contributed by atoms with van der Waals surface area (Å²) in [5.41, 5.74) is 6.20. The third-order valence-corrected chi connectivity index (χ3v) is 8.36. The van der Waals surface area contributed by atoms with Crippen LogP contribution in [0.2, 0.25) is 0 Å². The van der Waals surface area contributed by atoms with Crippen LogP contribution in [-0.4, -0.2) is 29.6 Å². The largest absolute Gasteiger partial charge is 0.326 e. The molecule has 0 spiro atoms. The Balaban J connectivity index is 1.35. The molecule has 0 aliphatic heterocycles. The van der Waals surface area contributed by atoms with Crippen molar-refractivity contribution in [3.8, 4) is 11.4 Å².